The van der Waals surface area contributed by atoms with Crippen LogP contribution in [0.3, 0.4) is 0 Å². The Labute approximate surface area is 135 Å². The van der Waals surface area contributed by atoms with Crippen molar-refractivity contribution in [1.29, 1.82) is 0 Å². The van der Waals surface area contributed by atoms with Crippen LogP contribution in [-0.2, 0) is 0 Å². The fourth-order valence-corrected chi connectivity index (χ4v) is 3.56. The lowest BCUT2D eigenvalue weighted by Gasteiger charge is -2.17. The number of hydrogen-bond donors (Lipinski definition) is 1. The fourth-order valence-electron chi connectivity index (χ4n) is 2.59. The monoisotopic (exact) mass is 311 g/mol. The van der Waals surface area contributed by atoms with Crippen LogP contribution in [0.4, 0.5) is 0 Å². The molecule has 0 aliphatic rings. The molecule has 21 heavy (non-hydrogen) atoms. The van der Waals surface area contributed by atoms with Crippen molar-refractivity contribution in [2.75, 3.05) is 13.7 Å². The molecule has 1 aromatic heterocycles. The van der Waals surface area contributed by atoms with Gasteiger partial charge in [-0.05, 0) is 25.5 Å². The van der Waals surface area contributed by atoms with Crippen LogP contribution in [0.2, 0.25) is 0 Å². The van der Waals surface area contributed by atoms with Gasteiger partial charge >= 0.3 is 0 Å². The van der Waals surface area contributed by atoms with E-state index in [4.69, 9.17) is 4.74 Å². The van der Waals surface area contributed by atoms with E-state index in [2.05, 4.69) is 30.6 Å². The van der Waals surface area contributed by atoms with Crippen LogP contribution in [0, 0.1) is 0 Å². The standard InChI is InChI=1S/C18H33NOS/c1-4-6-7-8-9-10-11-12-17(19-13-5-2)18-14-16(20-3)15-21-18/h14-15,17,19H,4-13H2,1-3H3. The van der Waals surface area contributed by atoms with Crippen LogP contribution < -0.4 is 10.1 Å². The summed E-state index contributed by atoms with van der Waals surface area (Å²) in [5, 5.41) is 5.80. The third-order valence-electron chi connectivity index (χ3n) is 3.91. The molecule has 1 N–H and O–H groups in total. The van der Waals surface area contributed by atoms with Crippen molar-refractivity contribution in [2.24, 2.45) is 0 Å². The van der Waals surface area contributed by atoms with Crippen molar-refractivity contribution in [1.82, 2.24) is 5.32 Å². The molecule has 3 heteroatoms. The zero-order valence-electron chi connectivity index (χ0n) is 14.1. The molecule has 122 valence electrons. The summed E-state index contributed by atoms with van der Waals surface area (Å²) in [7, 11) is 1.75. The molecule has 1 aromatic rings. The summed E-state index contributed by atoms with van der Waals surface area (Å²) in [6, 6.07) is 2.70. The molecule has 0 radical (unpaired) electrons. The van der Waals surface area contributed by atoms with Crippen LogP contribution in [0.25, 0.3) is 0 Å². The van der Waals surface area contributed by atoms with Crippen LogP contribution in [-0.4, -0.2) is 13.7 Å². The van der Waals surface area contributed by atoms with Gasteiger partial charge in [0.25, 0.3) is 0 Å². The maximum atomic E-state index is 5.31. The Hall–Kier alpha value is -0.540. The summed E-state index contributed by atoms with van der Waals surface area (Å²) in [4.78, 5) is 1.42. The van der Waals surface area contributed by atoms with Crippen molar-refractivity contribution in [3.63, 3.8) is 0 Å². The molecule has 0 aromatic carbocycles. The summed E-state index contributed by atoms with van der Waals surface area (Å²) < 4.78 is 5.31. The first kappa shape index (κ1) is 18.5. The van der Waals surface area contributed by atoms with Crippen LogP contribution in [0.1, 0.15) is 82.6 Å². The lowest BCUT2D eigenvalue weighted by molar-refractivity contribution is 0.415. The third-order valence-corrected chi connectivity index (χ3v) is 4.94. The van der Waals surface area contributed by atoms with Crippen LogP contribution >= 0.6 is 11.3 Å². The van der Waals surface area contributed by atoms with Crippen molar-refractivity contribution >= 4 is 11.3 Å². The van der Waals surface area contributed by atoms with Gasteiger partial charge in [-0.25, -0.2) is 0 Å². The molecule has 0 aliphatic heterocycles. The number of ether oxygens (including phenoxy) is 1. The average molecular weight is 312 g/mol. The minimum Gasteiger partial charge on any atom is -0.496 e. The molecule has 1 rings (SSSR count). The Morgan fingerprint density at radius 3 is 2.38 bits per heavy atom. The quantitative estimate of drug-likeness (QED) is 0.455. The Balaban J connectivity index is 2.29. The zero-order valence-corrected chi connectivity index (χ0v) is 14.9. The SMILES string of the molecule is CCCCCCCCCC(NCCC)c1cc(OC)cs1. The first-order valence-corrected chi connectivity index (χ1v) is 9.55. The molecule has 2 nitrogen and oxygen atoms in total. The van der Waals surface area contributed by atoms with E-state index in [0.717, 1.165) is 12.3 Å². The number of hydrogen-bond acceptors (Lipinski definition) is 3. The van der Waals surface area contributed by atoms with E-state index >= 15 is 0 Å². The summed E-state index contributed by atoms with van der Waals surface area (Å²) >= 11 is 1.82. The highest BCUT2D eigenvalue weighted by Gasteiger charge is 2.13. The third kappa shape index (κ3) is 7.87. The second kappa shape index (κ2) is 12.0. The van der Waals surface area contributed by atoms with Gasteiger partial charge in [-0.2, -0.15) is 0 Å². The van der Waals surface area contributed by atoms with E-state index in [1.54, 1.807) is 7.11 Å². The zero-order chi connectivity index (χ0) is 15.3. The summed E-state index contributed by atoms with van der Waals surface area (Å²) in [5.74, 6) is 0.998. The van der Waals surface area contributed by atoms with Gasteiger partial charge in [0.15, 0.2) is 0 Å². The molecule has 1 atom stereocenters. The van der Waals surface area contributed by atoms with Gasteiger partial charge in [0.1, 0.15) is 5.75 Å². The highest BCUT2D eigenvalue weighted by Crippen LogP contribution is 2.30. The number of unbranched alkanes of at least 4 members (excludes halogenated alkanes) is 6. The van der Waals surface area contributed by atoms with Gasteiger partial charge < -0.3 is 10.1 Å². The second-order valence-electron chi connectivity index (χ2n) is 5.81. The smallest absolute Gasteiger partial charge is 0.129 e. The van der Waals surface area contributed by atoms with Gasteiger partial charge in [0.05, 0.1) is 7.11 Å². The van der Waals surface area contributed by atoms with E-state index in [0.29, 0.717) is 6.04 Å². The van der Waals surface area contributed by atoms with Crippen molar-refractivity contribution in [2.45, 2.75) is 77.7 Å². The van der Waals surface area contributed by atoms with E-state index < -0.39 is 0 Å². The first-order valence-electron chi connectivity index (χ1n) is 8.67. The Morgan fingerprint density at radius 1 is 1.05 bits per heavy atom. The topological polar surface area (TPSA) is 21.3 Å². The van der Waals surface area contributed by atoms with Gasteiger partial charge in [-0.3, -0.25) is 0 Å². The van der Waals surface area contributed by atoms with Crippen LogP contribution in [0.5, 0.6) is 5.75 Å². The number of rotatable bonds is 13. The van der Waals surface area contributed by atoms with E-state index in [1.807, 2.05) is 11.3 Å². The molecular formula is C18H33NOS. The van der Waals surface area contributed by atoms with Gasteiger partial charge in [-0.15, -0.1) is 11.3 Å². The second-order valence-corrected chi connectivity index (χ2v) is 6.75. The van der Waals surface area contributed by atoms with Crippen molar-refractivity contribution in [3.05, 3.63) is 16.3 Å². The fraction of sp³-hybridized carbons (Fsp3) is 0.778. The summed E-state index contributed by atoms with van der Waals surface area (Å²) in [6.07, 6.45) is 12.1. The normalized spacial score (nSPS) is 12.5. The molecule has 0 fully saturated rings. The number of methoxy groups -OCH3 is 1. The summed E-state index contributed by atoms with van der Waals surface area (Å²) in [6.45, 7) is 5.60. The van der Waals surface area contributed by atoms with Gasteiger partial charge in [0, 0.05) is 16.3 Å². The van der Waals surface area contributed by atoms with Crippen LogP contribution in [0.15, 0.2) is 11.4 Å². The maximum Gasteiger partial charge on any atom is 0.129 e. The number of nitrogens with one attached hydrogen (secondary N) is 1. The van der Waals surface area contributed by atoms with Gasteiger partial charge in [-0.1, -0.05) is 58.8 Å². The summed E-state index contributed by atoms with van der Waals surface area (Å²) in [5.41, 5.74) is 0. The molecule has 0 saturated heterocycles. The average Bonchev–Trinajstić information content (AvgIpc) is 2.98. The molecule has 0 amide bonds. The minimum atomic E-state index is 0.509. The van der Waals surface area contributed by atoms with Crippen molar-refractivity contribution in [3.8, 4) is 5.75 Å². The number of thiophene rings is 1. The highest BCUT2D eigenvalue weighted by atomic mass is 32.1. The molecule has 0 spiro atoms. The molecule has 1 unspecified atom stereocenters. The molecule has 0 aliphatic carbocycles. The highest BCUT2D eigenvalue weighted by molar-refractivity contribution is 7.10. The van der Waals surface area contributed by atoms with Crippen molar-refractivity contribution < 1.29 is 4.74 Å². The predicted octanol–water partition coefficient (Wildman–Crippen LogP) is 5.94. The lowest BCUT2D eigenvalue weighted by Crippen LogP contribution is -2.21. The Kier molecular flexibility index (Phi) is 10.6. The molecule has 1 heterocycles. The molecule has 0 bridgehead atoms. The maximum absolute atomic E-state index is 5.31. The Morgan fingerprint density at radius 2 is 1.76 bits per heavy atom. The van der Waals surface area contributed by atoms with Gasteiger partial charge in [0.2, 0.25) is 0 Å². The molecular weight excluding hydrogens is 278 g/mol. The van der Waals surface area contributed by atoms with E-state index in [-0.39, 0.29) is 0 Å². The molecule has 0 saturated carbocycles. The largest absolute Gasteiger partial charge is 0.496 e. The Bertz CT molecular complexity index is 351. The minimum absolute atomic E-state index is 0.509. The predicted molar refractivity (Wildman–Crippen MR) is 94.5 cm³/mol. The first-order chi connectivity index (χ1) is 10.3. The lowest BCUT2D eigenvalue weighted by atomic mass is 10.0. The van der Waals surface area contributed by atoms with E-state index in [9.17, 15) is 0 Å². The van der Waals surface area contributed by atoms with E-state index in [1.165, 1.54) is 62.7 Å².